The van der Waals surface area contributed by atoms with Gasteiger partial charge in [-0.05, 0) is 32.2 Å². The number of fused-ring (bicyclic) bond motifs is 1. The molecule has 2 saturated heterocycles. The summed E-state index contributed by atoms with van der Waals surface area (Å²) in [6, 6.07) is 0.557. The first-order valence-corrected chi connectivity index (χ1v) is 6.67. The minimum absolute atomic E-state index is 0.553. The summed E-state index contributed by atoms with van der Waals surface area (Å²) in [5.74, 6) is 0. The molecule has 5 heteroatoms. The first kappa shape index (κ1) is 10.5. The van der Waals surface area contributed by atoms with E-state index in [1.165, 1.54) is 30.7 Å². The number of hydrogen-bond acceptors (Lipinski definition) is 5. The summed E-state index contributed by atoms with van der Waals surface area (Å²) in [6.07, 6.45) is 5.88. The maximum absolute atomic E-state index is 10.7. The molecule has 3 N–H and O–H groups in total. The second kappa shape index (κ2) is 3.68. The lowest BCUT2D eigenvalue weighted by molar-refractivity contribution is -0.0382. The molecule has 0 aliphatic carbocycles. The maximum atomic E-state index is 10.7. The lowest BCUT2D eigenvalue weighted by atomic mass is 9.86. The highest BCUT2D eigenvalue weighted by Crippen LogP contribution is 2.41. The van der Waals surface area contributed by atoms with Crippen LogP contribution in [-0.4, -0.2) is 34.1 Å². The molecule has 88 valence electrons. The van der Waals surface area contributed by atoms with Crippen LogP contribution in [0, 0.1) is 0 Å². The van der Waals surface area contributed by atoms with Gasteiger partial charge in [-0.15, -0.1) is 0 Å². The number of nitrogen functional groups attached to an aromatic ring is 1. The van der Waals surface area contributed by atoms with Crippen LogP contribution in [0.3, 0.4) is 0 Å². The van der Waals surface area contributed by atoms with Crippen molar-refractivity contribution in [3.63, 3.8) is 0 Å². The zero-order chi connectivity index (χ0) is 11.2. The molecule has 0 saturated carbocycles. The highest BCUT2D eigenvalue weighted by atomic mass is 32.1. The van der Waals surface area contributed by atoms with Gasteiger partial charge in [-0.1, -0.05) is 11.3 Å². The van der Waals surface area contributed by atoms with Crippen LogP contribution in [0.25, 0.3) is 0 Å². The Kier molecular flexibility index (Phi) is 2.42. The van der Waals surface area contributed by atoms with Crippen molar-refractivity contribution in [2.45, 2.75) is 37.3 Å². The van der Waals surface area contributed by atoms with Gasteiger partial charge in [0, 0.05) is 18.8 Å². The monoisotopic (exact) mass is 239 g/mol. The van der Waals surface area contributed by atoms with Gasteiger partial charge in [-0.25, -0.2) is 4.98 Å². The molecule has 2 atom stereocenters. The summed E-state index contributed by atoms with van der Waals surface area (Å²) >= 11 is 1.43. The smallest absolute Gasteiger partial charge is 0.180 e. The van der Waals surface area contributed by atoms with Crippen molar-refractivity contribution in [3.05, 3.63) is 11.1 Å². The Balaban J connectivity index is 1.83. The van der Waals surface area contributed by atoms with Gasteiger partial charge in [0.25, 0.3) is 0 Å². The third-order valence-corrected chi connectivity index (χ3v) is 4.89. The zero-order valence-electron chi connectivity index (χ0n) is 9.22. The summed E-state index contributed by atoms with van der Waals surface area (Å²) in [7, 11) is 0. The second-order valence-electron chi connectivity index (χ2n) is 4.88. The molecule has 0 bridgehead atoms. The van der Waals surface area contributed by atoms with Crippen LogP contribution in [0.15, 0.2) is 6.20 Å². The fourth-order valence-electron chi connectivity index (χ4n) is 2.97. The molecule has 0 aromatic carbocycles. The third kappa shape index (κ3) is 1.63. The van der Waals surface area contributed by atoms with Crippen molar-refractivity contribution in [1.82, 2.24) is 9.88 Å². The predicted octanol–water partition coefficient (Wildman–Crippen LogP) is 1.17. The highest BCUT2D eigenvalue weighted by Gasteiger charge is 2.42. The SMILES string of the molecule is Nc1ncc(C2(O)CCN3CCCC3C2)s1. The Morgan fingerprint density at radius 3 is 3.19 bits per heavy atom. The molecule has 0 spiro atoms. The molecule has 2 fully saturated rings. The van der Waals surface area contributed by atoms with E-state index in [-0.39, 0.29) is 0 Å². The van der Waals surface area contributed by atoms with E-state index in [0.717, 1.165) is 24.3 Å². The number of nitrogens with zero attached hydrogens (tertiary/aromatic N) is 2. The Labute approximate surface area is 99.1 Å². The number of hydrogen-bond donors (Lipinski definition) is 2. The van der Waals surface area contributed by atoms with Crippen molar-refractivity contribution in [1.29, 1.82) is 0 Å². The Bertz CT molecular complexity index is 394. The van der Waals surface area contributed by atoms with Crippen molar-refractivity contribution in [2.75, 3.05) is 18.8 Å². The van der Waals surface area contributed by atoms with Crippen LogP contribution >= 0.6 is 11.3 Å². The van der Waals surface area contributed by atoms with Crippen LogP contribution in [0.4, 0.5) is 5.13 Å². The van der Waals surface area contributed by atoms with Crippen LogP contribution in [0.2, 0.25) is 0 Å². The van der Waals surface area contributed by atoms with Crippen LogP contribution < -0.4 is 5.73 Å². The van der Waals surface area contributed by atoms with Gasteiger partial charge >= 0.3 is 0 Å². The fourth-order valence-corrected chi connectivity index (χ4v) is 3.78. The standard InChI is InChI=1S/C11H17N3OS/c12-10-13-7-9(16-10)11(15)3-5-14-4-1-2-8(14)6-11/h7-8,15H,1-6H2,(H2,12,13). The number of aliphatic hydroxyl groups is 1. The van der Waals surface area contributed by atoms with E-state index in [1.54, 1.807) is 6.20 Å². The zero-order valence-corrected chi connectivity index (χ0v) is 10.0. The topological polar surface area (TPSA) is 62.4 Å². The van der Waals surface area contributed by atoms with Crippen LogP contribution in [-0.2, 0) is 5.60 Å². The minimum atomic E-state index is -0.680. The summed E-state index contributed by atoms with van der Waals surface area (Å²) in [6.45, 7) is 2.20. The van der Waals surface area contributed by atoms with Gasteiger partial charge < -0.3 is 15.7 Å². The Morgan fingerprint density at radius 2 is 2.44 bits per heavy atom. The molecule has 3 rings (SSSR count). The average Bonchev–Trinajstić information content (AvgIpc) is 2.85. The first-order valence-electron chi connectivity index (χ1n) is 5.86. The molecular formula is C11H17N3OS. The molecule has 2 aliphatic heterocycles. The van der Waals surface area contributed by atoms with Crippen molar-refractivity contribution < 1.29 is 5.11 Å². The number of thiazole rings is 1. The van der Waals surface area contributed by atoms with E-state index in [4.69, 9.17) is 5.73 Å². The maximum Gasteiger partial charge on any atom is 0.180 e. The molecule has 4 nitrogen and oxygen atoms in total. The summed E-state index contributed by atoms with van der Waals surface area (Å²) in [4.78, 5) is 7.49. The van der Waals surface area contributed by atoms with E-state index in [1.807, 2.05) is 0 Å². The van der Waals surface area contributed by atoms with Gasteiger partial charge in [-0.2, -0.15) is 0 Å². The number of nitrogens with two attached hydrogens (primary N) is 1. The van der Waals surface area contributed by atoms with Crippen molar-refractivity contribution >= 4 is 16.5 Å². The summed E-state index contributed by atoms with van der Waals surface area (Å²) < 4.78 is 0. The van der Waals surface area contributed by atoms with Crippen LogP contribution in [0.5, 0.6) is 0 Å². The molecular weight excluding hydrogens is 222 g/mol. The van der Waals surface area contributed by atoms with E-state index in [0.29, 0.717) is 11.2 Å². The molecule has 0 amide bonds. The van der Waals surface area contributed by atoms with Crippen molar-refractivity contribution in [2.24, 2.45) is 0 Å². The van der Waals surface area contributed by atoms with Crippen LogP contribution in [0.1, 0.15) is 30.6 Å². The lowest BCUT2D eigenvalue weighted by Crippen LogP contribution is -2.45. The molecule has 0 radical (unpaired) electrons. The van der Waals surface area contributed by atoms with Gasteiger partial charge in [0.15, 0.2) is 5.13 Å². The Morgan fingerprint density at radius 1 is 1.56 bits per heavy atom. The van der Waals surface area contributed by atoms with E-state index in [9.17, 15) is 5.11 Å². The summed E-state index contributed by atoms with van der Waals surface area (Å²) in [5.41, 5.74) is 4.96. The Hall–Kier alpha value is -0.650. The third-order valence-electron chi connectivity index (χ3n) is 3.87. The van der Waals surface area contributed by atoms with Crippen molar-refractivity contribution in [3.8, 4) is 0 Å². The number of aromatic nitrogens is 1. The fraction of sp³-hybridized carbons (Fsp3) is 0.727. The first-order chi connectivity index (χ1) is 7.67. The summed E-state index contributed by atoms with van der Waals surface area (Å²) in [5, 5.41) is 11.2. The largest absolute Gasteiger partial charge is 0.384 e. The van der Waals surface area contributed by atoms with Gasteiger partial charge in [0.05, 0.1) is 4.88 Å². The molecule has 1 aromatic rings. The predicted molar refractivity (Wildman–Crippen MR) is 64.3 cm³/mol. The van der Waals surface area contributed by atoms with E-state index >= 15 is 0 Å². The highest BCUT2D eigenvalue weighted by molar-refractivity contribution is 7.15. The number of piperidine rings is 1. The molecule has 2 unspecified atom stereocenters. The molecule has 3 heterocycles. The van der Waals surface area contributed by atoms with E-state index < -0.39 is 5.60 Å². The number of anilines is 1. The van der Waals surface area contributed by atoms with Gasteiger partial charge in [0.2, 0.25) is 0 Å². The quantitative estimate of drug-likeness (QED) is 0.772. The molecule has 1 aromatic heterocycles. The van der Waals surface area contributed by atoms with Gasteiger partial charge in [-0.3, -0.25) is 0 Å². The average molecular weight is 239 g/mol. The van der Waals surface area contributed by atoms with Gasteiger partial charge in [0.1, 0.15) is 5.60 Å². The number of rotatable bonds is 1. The lowest BCUT2D eigenvalue weighted by Gasteiger charge is -2.40. The van der Waals surface area contributed by atoms with E-state index in [2.05, 4.69) is 9.88 Å². The normalized spacial score (nSPS) is 35.2. The molecule has 2 aliphatic rings. The second-order valence-corrected chi connectivity index (χ2v) is 5.94. The minimum Gasteiger partial charge on any atom is -0.384 e. The molecule has 16 heavy (non-hydrogen) atoms.